The number of carbonyl (C=O) groups is 1. The van der Waals surface area contributed by atoms with Crippen LogP contribution >= 0.6 is 0 Å². The predicted molar refractivity (Wildman–Crippen MR) is 106 cm³/mol. The summed E-state index contributed by atoms with van der Waals surface area (Å²) in [5, 5.41) is 9.00. The van der Waals surface area contributed by atoms with Gasteiger partial charge in [0.15, 0.2) is 0 Å². The third-order valence-electron chi connectivity index (χ3n) is 5.77. The lowest BCUT2D eigenvalue weighted by atomic mass is 10.0. The molecule has 2 fully saturated rings. The van der Waals surface area contributed by atoms with Crippen LogP contribution in [0.15, 0.2) is 54.6 Å². The fourth-order valence-corrected chi connectivity index (χ4v) is 4.05. The smallest absolute Gasteiger partial charge is 0.306 e. The van der Waals surface area contributed by atoms with Gasteiger partial charge in [-0.3, -0.25) is 4.79 Å². The molecule has 0 radical (unpaired) electrons. The number of benzene rings is 2. The lowest BCUT2D eigenvalue weighted by Crippen LogP contribution is -2.41. The Morgan fingerprint density at radius 3 is 2.59 bits per heavy atom. The Bertz CT molecular complexity index is 759. The van der Waals surface area contributed by atoms with Gasteiger partial charge in [0.05, 0.1) is 12.5 Å². The minimum absolute atomic E-state index is 0.0980. The highest BCUT2D eigenvalue weighted by atomic mass is 16.5. The van der Waals surface area contributed by atoms with Gasteiger partial charge in [-0.15, -0.1) is 0 Å². The Balaban J connectivity index is 1.29. The summed E-state index contributed by atoms with van der Waals surface area (Å²) < 4.78 is 6.14. The maximum atomic E-state index is 10.9. The van der Waals surface area contributed by atoms with Crippen LogP contribution in [0.4, 0.5) is 5.69 Å². The molecule has 1 aliphatic heterocycles. The molecule has 4 nitrogen and oxygen atoms in total. The topological polar surface area (TPSA) is 49.8 Å². The van der Waals surface area contributed by atoms with Gasteiger partial charge in [0.2, 0.25) is 0 Å². The van der Waals surface area contributed by atoms with Gasteiger partial charge in [-0.1, -0.05) is 30.3 Å². The number of rotatable bonds is 7. The number of carboxylic acid groups (broad SMARTS) is 1. The van der Waals surface area contributed by atoms with Crippen molar-refractivity contribution in [2.75, 3.05) is 18.0 Å². The zero-order valence-corrected chi connectivity index (χ0v) is 15.6. The van der Waals surface area contributed by atoms with Crippen molar-refractivity contribution < 1.29 is 14.6 Å². The largest absolute Gasteiger partial charge is 0.489 e. The normalized spacial score (nSPS) is 24.4. The molecule has 1 aliphatic carbocycles. The lowest BCUT2D eigenvalue weighted by Gasteiger charge is -2.34. The van der Waals surface area contributed by atoms with Crippen molar-refractivity contribution >= 4 is 11.7 Å². The van der Waals surface area contributed by atoms with Crippen LogP contribution in [-0.2, 0) is 11.2 Å². The average Bonchev–Trinajstić information content (AvgIpc) is 3.48. The molecule has 1 heterocycles. The molecule has 3 atom stereocenters. The quantitative estimate of drug-likeness (QED) is 0.791. The van der Waals surface area contributed by atoms with Crippen molar-refractivity contribution in [1.82, 2.24) is 0 Å². The van der Waals surface area contributed by atoms with Crippen molar-refractivity contribution in [2.45, 2.75) is 38.2 Å². The van der Waals surface area contributed by atoms with E-state index in [0.29, 0.717) is 5.92 Å². The number of hydrogen-bond donors (Lipinski definition) is 1. The van der Waals surface area contributed by atoms with Crippen molar-refractivity contribution in [3.8, 4) is 5.75 Å². The molecule has 2 aromatic rings. The van der Waals surface area contributed by atoms with Crippen LogP contribution in [0.3, 0.4) is 0 Å². The number of para-hydroxylation sites is 1. The number of aryl methyl sites for hydroxylation is 1. The Kier molecular flexibility index (Phi) is 5.33. The minimum atomic E-state index is -0.632. The fraction of sp³-hybridized carbons (Fsp3) is 0.435. The highest BCUT2D eigenvalue weighted by molar-refractivity contribution is 5.73. The van der Waals surface area contributed by atoms with Crippen molar-refractivity contribution in [3.05, 3.63) is 60.2 Å². The molecule has 0 aromatic heterocycles. The Morgan fingerprint density at radius 1 is 1.11 bits per heavy atom. The Labute approximate surface area is 160 Å². The second kappa shape index (κ2) is 8.03. The molecule has 142 valence electrons. The third kappa shape index (κ3) is 4.62. The van der Waals surface area contributed by atoms with Crippen LogP contribution in [0, 0.1) is 11.8 Å². The highest BCUT2D eigenvalue weighted by Gasteiger charge is 2.42. The SMILES string of the molecule is O=C(O)[C@H]1C[C@@H]1CCc1ccc(N2CCCC(Oc3ccccc3)C2)cc1. The van der Waals surface area contributed by atoms with E-state index in [1.807, 2.05) is 30.3 Å². The number of carboxylic acids is 1. The van der Waals surface area contributed by atoms with E-state index in [1.54, 1.807) is 0 Å². The van der Waals surface area contributed by atoms with E-state index < -0.39 is 5.97 Å². The molecular formula is C23H27NO3. The number of nitrogens with zero attached hydrogens (tertiary/aromatic N) is 1. The first-order valence-electron chi connectivity index (χ1n) is 9.97. The predicted octanol–water partition coefficient (Wildman–Crippen LogP) is 4.39. The maximum Gasteiger partial charge on any atom is 0.306 e. The van der Waals surface area contributed by atoms with E-state index in [-0.39, 0.29) is 12.0 Å². The molecule has 0 spiro atoms. The average molecular weight is 365 g/mol. The van der Waals surface area contributed by atoms with E-state index in [1.165, 1.54) is 11.3 Å². The van der Waals surface area contributed by atoms with Gasteiger partial charge < -0.3 is 14.7 Å². The van der Waals surface area contributed by atoms with E-state index in [2.05, 4.69) is 29.2 Å². The van der Waals surface area contributed by atoms with Crippen LogP contribution in [0.5, 0.6) is 5.75 Å². The summed E-state index contributed by atoms with van der Waals surface area (Å²) >= 11 is 0. The van der Waals surface area contributed by atoms with E-state index in [4.69, 9.17) is 9.84 Å². The summed E-state index contributed by atoms with van der Waals surface area (Å²) in [6, 6.07) is 18.8. The molecule has 1 saturated heterocycles. The van der Waals surface area contributed by atoms with Gasteiger partial charge in [-0.05, 0) is 67.9 Å². The van der Waals surface area contributed by atoms with Crippen molar-refractivity contribution in [2.24, 2.45) is 11.8 Å². The fourth-order valence-electron chi connectivity index (χ4n) is 4.05. The first-order chi connectivity index (χ1) is 13.2. The Morgan fingerprint density at radius 2 is 1.89 bits per heavy atom. The van der Waals surface area contributed by atoms with E-state index in [0.717, 1.165) is 50.9 Å². The summed E-state index contributed by atoms with van der Waals surface area (Å²) in [6.45, 7) is 1.98. The zero-order chi connectivity index (χ0) is 18.6. The second-order valence-electron chi connectivity index (χ2n) is 7.79. The highest BCUT2D eigenvalue weighted by Crippen LogP contribution is 2.42. The molecule has 2 aliphatic rings. The van der Waals surface area contributed by atoms with Crippen molar-refractivity contribution in [1.29, 1.82) is 0 Å². The van der Waals surface area contributed by atoms with Crippen LogP contribution < -0.4 is 9.64 Å². The van der Waals surface area contributed by atoms with Crippen LogP contribution in [0.2, 0.25) is 0 Å². The number of piperidine rings is 1. The first kappa shape index (κ1) is 17.9. The summed E-state index contributed by atoms with van der Waals surface area (Å²) in [5.41, 5.74) is 2.54. The third-order valence-corrected chi connectivity index (χ3v) is 5.77. The first-order valence-corrected chi connectivity index (χ1v) is 9.97. The number of ether oxygens (including phenoxy) is 1. The molecule has 0 amide bonds. The van der Waals surface area contributed by atoms with Gasteiger partial charge in [0, 0.05) is 12.2 Å². The molecular weight excluding hydrogens is 338 g/mol. The maximum absolute atomic E-state index is 10.9. The zero-order valence-electron chi connectivity index (χ0n) is 15.6. The molecule has 4 rings (SSSR count). The molecule has 0 bridgehead atoms. The van der Waals surface area contributed by atoms with Crippen LogP contribution in [-0.4, -0.2) is 30.3 Å². The van der Waals surface area contributed by atoms with Crippen molar-refractivity contribution in [3.63, 3.8) is 0 Å². The van der Waals surface area contributed by atoms with Gasteiger partial charge in [-0.25, -0.2) is 0 Å². The monoisotopic (exact) mass is 365 g/mol. The summed E-state index contributed by atoms with van der Waals surface area (Å²) in [5.74, 6) is 0.589. The van der Waals surface area contributed by atoms with Crippen LogP contribution in [0.25, 0.3) is 0 Å². The molecule has 1 saturated carbocycles. The molecule has 2 aromatic carbocycles. The molecule has 27 heavy (non-hydrogen) atoms. The van der Waals surface area contributed by atoms with E-state index >= 15 is 0 Å². The number of anilines is 1. The number of aliphatic carboxylic acids is 1. The van der Waals surface area contributed by atoms with Crippen LogP contribution in [0.1, 0.15) is 31.2 Å². The molecule has 1 unspecified atom stereocenters. The number of hydrogen-bond acceptors (Lipinski definition) is 3. The van der Waals surface area contributed by atoms with Gasteiger partial charge in [0.25, 0.3) is 0 Å². The van der Waals surface area contributed by atoms with Gasteiger partial charge >= 0.3 is 5.97 Å². The minimum Gasteiger partial charge on any atom is -0.489 e. The second-order valence-corrected chi connectivity index (χ2v) is 7.79. The Hall–Kier alpha value is -2.49. The summed E-state index contributed by atoms with van der Waals surface area (Å²) in [4.78, 5) is 13.3. The van der Waals surface area contributed by atoms with Gasteiger partial charge in [0.1, 0.15) is 11.9 Å². The molecule has 4 heteroatoms. The lowest BCUT2D eigenvalue weighted by molar-refractivity contribution is -0.138. The standard InChI is InChI=1S/C23H27NO3/c25-23(26)22-15-18(22)11-8-17-9-12-19(13-10-17)24-14-4-7-21(16-24)27-20-5-2-1-3-6-20/h1-3,5-6,9-10,12-13,18,21-22H,4,7-8,11,14-16H2,(H,25,26)/t18-,21?,22-/m0/s1. The van der Waals surface area contributed by atoms with Gasteiger partial charge in [-0.2, -0.15) is 0 Å². The molecule has 1 N–H and O–H groups in total. The summed E-state index contributed by atoms with van der Waals surface area (Å²) in [7, 11) is 0. The van der Waals surface area contributed by atoms with E-state index in [9.17, 15) is 4.79 Å². The summed E-state index contributed by atoms with van der Waals surface area (Å²) in [6.07, 6.45) is 5.25.